The van der Waals surface area contributed by atoms with Crippen molar-refractivity contribution in [2.24, 2.45) is 0 Å². The van der Waals surface area contributed by atoms with Crippen molar-refractivity contribution in [2.75, 3.05) is 7.05 Å². The molecule has 24 heavy (non-hydrogen) atoms. The highest BCUT2D eigenvalue weighted by atomic mass is 32.1. The molecule has 1 amide bonds. The maximum absolute atomic E-state index is 14.2. The number of carbonyl (C=O) groups excluding carboxylic acids is 1. The van der Waals surface area contributed by atoms with Crippen LogP contribution in [0, 0.1) is 12.7 Å². The Morgan fingerprint density at radius 3 is 2.83 bits per heavy atom. The topological polar surface area (TPSA) is 70.5 Å². The van der Waals surface area contributed by atoms with Gasteiger partial charge in [-0.15, -0.1) is 11.3 Å². The molecule has 1 aromatic carbocycles. The minimum Gasteiger partial charge on any atom is -0.478 e. The summed E-state index contributed by atoms with van der Waals surface area (Å²) in [4.78, 5) is 30.7. The standard InChI is InChI=1S/C17H17FN2O3S/c1-9-19-13-4-3-5-14(15(13)24-9)20(2)16(21)11-7-6-10(17(22)23)8-12(11)18/h6-8,14H,3-5H2,1-2H3,(H,22,23). The highest BCUT2D eigenvalue weighted by Gasteiger charge is 2.31. The molecule has 0 saturated carbocycles. The van der Waals surface area contributed by atoms with Gasteiger partial charge in [0.25, 0.3) is 5.91 Å². The second-order valence-electron chi connectivity index (χ2n) is 5.87. The van der Waals surface area contributed by atoms with Gasteiger partial charge in [-0.05, 0) is 44.4 Å². The Labute approximate surface area is 142 Å². The van der Waals surface area contributed by atoms with Crippen molar-refractivity contribution in [3.63, 3.8) is 0 Å². The molecule has 1 aliphatic carbocycles. The van der Waals surface area contributed by atoms with E-state index in [-0.39, 0.29) is 17.2 Å². The largest absolute Gasteiger partial charge is 0.478 e. The first kappa shape index (κ1) is 16.6. The van der Waals surface area contributed by atoms with Crippen LogP contribution in [-0.4, -0.2) is 33.9 Å². The molecule has 1 atom stereocenters. The van der Waals surface area contributed by atoms with E-state index < -0.39 is 17.7 Å². The highest BCUT2D eigenvalue weighted by molar-refractivity contribution is 7.11. The van der Waals surface area contributed by atoms with Gasteiger partial charge in [0.05, 0.1) is 32.7 Å². The predicted molar refractivity (Wildman–Crippen MR) is 88.0 cm³/mol. The number of hydrogen-bond donors (Lipinski definition) is 1. The van der Waals surface area contributed by atoms with Crippen LogP contribution >= 0.6 is 11.3 Å². The van der Waals surface area contributed by atoms with Crippen LogP contribution in [0.4, 0.5) is 4.39 Å². The van der Waals surface area contributed by atoms with Crippen LogP contribution in [0.25, 0.3) is 0 Å². The third-order valence-corrected chi connectivity index (χ3v) is 5.38. The van der Waals surface area contributed by atoms with Gasteiger partial charge in [0.1, 0.15) is 5.82 Å². The van der Waals surface area contributed by atoms with E-state index in [1.807, 2.05) is 6.92 Å². The number of carbonyl (C=O) groups is 2. The van der Waals surface area contributed by atoms with Crippen LogP contribution in [0.15, 0.2) is 18.2 Å². The molecule has 0 aliphatic heterocycles. The summed E-state index contributed by atoms with van der Waals surface area (Å²) in [6.07, 6.45) is 2.64. The lowest BCUT2D eigenvalue weighted by molar-refractivity contribution is 0.0687. The summed E-state index contributed by atoms with van der Waals surface area (Å²) in [5, 5.41) is 9.86. The zero-order valence-corrected chi connectivity index (χ0v) is 14.2. The summed E-state index contributed by atoms with van der Waals surface area (Å²) in [7, 11) is 1.65. The number of halogens is 1. The van der Waals surface area contributed by atoms with E-state index in [1.54, 1.807) is 18.4 Å². The Bertz CT molecular complexity index is 818. The van der Waals surface area contributed by atoms with Crippen LogP contribution in [0.1, 0.15) is 55.2 Å². The molecule has 5 nitrogen and oxygen atoms in total. The van der Waals surface area contributed by atoms with E-state index in [9.17, 15) is 14.0 Å². The molecule has 0 spiro atoms. The number of rotatable bonds is 3. The maximum atomic E-state index is 14.2. The van der Waals surface area contributed by atoms with Gasteiger partial charge in [0, 0.05) is 7.05 Å². The first-order valence-electron chi connectivity index (χ1n) is 7.64. The van der Waals surface area contributed by atoms with Crippen molar-refractivity contribution in [3.05, 3.63) is 50.7 Å². The number of carboxylic acids is 1. The molecule has 0 bridgehead atoms. The molecule has 1 N–H and O–H groups in total. The smallest absolute Gasteiger partial charge is 0.335 e. The molecule has 0 radical (unpaired) electrons. The second kappa shape index (κ2) is 6.32. The van der Waals surface area contributed by atoms with Crippen molar-refractivity contribution in [3.8, 4) is 0 Å². The third kappa shape index (κ3) is 2.91. The van der Waals surface area contributed by atoms with Gasteiger partial charge in [0.15, 0.2) is 0 Å². The van der Waals surface area contributed by atoms with Gasteiger partial charge >= 0.3 is 5.97 Å². The van der Waals surface area contributed by atoms with Crippen LogP contribution < -0.4 is 0 Å². The quantitative estimate of drug-likeness (QED) is 0.922. The van der Waals surface area contributed by atoms with E-state index in [1.165, 1.54) is 17.0 Å². The lowest BCUT2D eigenvalue weighted by Gasteiger charge is -2.30. The van der Waals surface area contributed by atoms with Crippen molar-refractivity contribution < 1.29 is 19.1 Å². The van der Waals surface area contributed by atoms with Gasteiger partial charge in [-0.2, -0.15) is 0 Å². The maximum Gasteiger partial charge on any atom is 0.335 e. The van der Waals surface area contributed by atoms with Gasteiger partial charge in [0.2, 0.25) is 0 Å². The first-order chi connectivity index (χ1) is 11.4. The summed E-state index contributed by atoms with van der Waals surface area (Å²) in [6, 6.07) is 3.24. The highest BCUT2D eigenvalue weighted by Crippen LogP contribution is 2.38. The summed E-state index contributed by atoms with van der Waals surface area (Å²) < 4.78 is 14.2. The molecule has 2 aromatic rings. The molecular formula is C17H17FN2O3S. The molecular weight excluding hydrogens is 331 g/mol. The average Bonchev–Trinajstić information content (AvgIpc) is 2.93. The number of thiazole rings is 1. The van der Waals surface area contributed by atoms with Gasteiger partial charge in [-0.3, -0.25) is 4.79 Å². The Balaban J connectivity index is 1.89. The number of aryl methyl sites for hydroxylation is 2. The molecule has 1 aliphatic rings. The number of aromatic nitrogens is 1. The Hall–Kier alpha value is -2.28. The Kier molecular flexibility index (Phi) is 4.36. The monoisotopic (exact) mass is 348 g/mol. The van der Waals surface area contributed by atoms with Crippen LogP contribution in [0.2, 0.25) is 0 Å². The van der Waals surface area contributed by atoms with Crippen molar-refractivity contribution in [2.45, 2.75) is 32.2 Å². The van der Waals surface area contributed by atoms with Gasteiger partial charge in [-0.1, -0.05) is 0 Å². The molecule has 1 unspecified atom stereocenters. The number of nitrogens with zero attached hydrogens (tertiary/aromatic N) is 2. The lowest BCUT2D eigenvalue weighted by atomic mass is 9.96. The third-order valence-electron chi connectivity index (χ3n) is 4.26. The molecule has 126 valence electrons. The van der Waals surface area contributed by atoms with E-state index >= 15 is 0 Å². The summed E-state index contributed by atoms with van der Waals surface area (Å²) in [6.45, 7) is 1.94. The molecule has 0 fully saturated rings. The van der Waals surface area contributed by atoms with E-state index in [4.69, 9.17) is 5.11 Å². The van der Waals surface area contributed by atoms with Crippen LogP contribution in [-0.2, 0) is 6.42 Å². The lowest BCUT2D eigenvalue weighted by Crippen LogP contribution is -2.33. The van der Waals surface area contributed by atoms with E-state index in [0.29, 0.717) is 0 Å². The number of carboxylic acid groups (broad SMARTS) is 1. The summed E-state index contributed by atoms with van der Waals surface area (Å²) in [5.74, 6) is -2.49. The summed E-state index contributed by atoms with van der Waals surface area (Å²) >= 11 is 1.57. The first-order valence-corrected chi connectivity index (χ1v) is 8.46. The van der Waals surface area contributed by atoms with Gasteiger partial charge in [-0.25, -0.2) is 14.2 Å². The Morgan fingerprint density at radius 2 is 2.17 bits per heavy atom. The molecule has 1 heterocycles. The van der Waals surface area contributed by atoms with E-state index in [0.717, 1.165) is 40.9 Å². The number of aromatic carboxylic acids is 1. The Morgan fingerprint density at radius 1 is 1.42 bits per heavy atom. The second-order valence-corrected chi connectivity index (χ2v) is 7.10. The summed E-state index contributed by atoms with van der Waals surface area (Å²) in [5.41, 5.74) is 0.732. The van der Waals surface area contributed by atoms with Crippen molar-refractivity contribution in [1.82, 2.24) is 9.88 Å². The van der Waals surface area contributed by atoms with Crippen LogP contribution in [0.5, 0.6) is 0 Å². The fourth-order valence-electron chi connectivity index (χ4n) is 3.04. The molecule has 7 heteroatoms. The number of hydrogen-bond acceptors (Lipinski definition) is 4. The number of amides is 1. The fraction of sp³-hybridized carbons (Fsp3) is 0.353. The minimum absolute atomic E-state index is 0.115. The zero-order valence-electron chi connectivity index (χ0n) is 13.4. The average molecular weight is 348 g/mol. The molecule has 1 aromatic heterocycles. The van der Waals surface area contributed by atoms with Crippen molar-refractivity contribution in [1.29, 1.82) is 0 Å². The van der Waals surface area contributed by atoms with Crippen LogP contribution in [0.3, 0.4) is 0 Å². The van der Waals surface area contributed by atoms with Crippen molar-refractivity contribution >= 4 is 23.2 Å². The van der Waals surface area contributed by atoms with E-state index in [2.05, 4.69) is 4.98 Å². The fourth-order valence-corrected chi connectivity index (χ4v) is 4.19. The minimum atomic E-state index is -1.22. The zero-order chi connectivity index (χ0) is 17.4. The molecule has 3 rings (SSSR count). The SMILES string of the molecule is Cc1nc2c(s1)C(N(C)C(=O)c1ccc(C(=O)O)cc1F)CCC2. The number of benzene rings is 1. The number of fused-ring (bicyclic) bond motifs is 1. The normalized spacial score (nSPS) is 16.5. The predicted octanol–water partition coefficient (Wildman–Crippen LogP) is 3.44. The van der Waals surface area contributed by atoms with Gasteiger partial charge < -0.3 is 10.0 Å². The molecule has 0 saturated heterocycles.